The Morgan fingerprint density at radius 1 is 1.11 bits per heavy atom. The molecule has 5 nitrogen and oxygen atoms in total. The number of aromatic amines is 1. The molecule has 148 valence electrons. The van der Waals surface area contributed by atoms with E-state index < -0.39 is 5.97 Å². The van der Waals surface area contributed by atoms with Crippen molar-refractivity contribution in [3.05, 3.63) is 71.7 Å². The molecule has 0 aliphatic carbocycles. The van der Waals surface area contributed by atoms with Crippen LogP contribution in [0.5, 0.6) is 0 Å². The van der Waals surface area contributed by atoms with Gasteiger partial charge in [0.1, 0.15) is 5.82 Å². The predicted octanol–water partition coefficient (Wildman–Crippen LogP) is 3.63. The lowest BCUT2D eigenvalue weighted by Crippen LogP contribution is -2.38. The van der Waals surface area contributed by atoms with Crippen molar-refractivity contribution < 1.29 is 14.3 Å². The van der Waals surface area contributed by atoms with Crippen LogP contribution in [0.1, 0.15) is 30.5 Å². The number of H-pyrrole nitrogens is 1. The number of aromatic nitrogens is 1. The molecule has 1 heterocycles. The van der Waals surface area contributed by atoms with E-state index in [1.165, 1.54) is 12.1 Å². The molecule has 28 heavy (non-hydrogen) atoms. The van der Waals surface area contributed by atoms with Gasteiger partial charge in [0.15, 0.2) is 0 Å². The van der Waals surface area contributed by atoms with E-state index >= 15 is 0 Å². The lowest BCUT2D eigenvalue weighted by Gasteiger charge is -2.19. The molecule has 0 bridgehead atoms. The first-order valence-corrected chi connectivity index (χ1v) is 9.52. The second kappa shape index (κ2) is 9.48. The maximum atomic E-state index is 13.0. The van der Waals surface area contributed by atoms with Gasteiger partial charge >= 0.3 is 5.97 Å². The minimum absolute atomic E-state index is 0.0625. The summed E-state index contributed by atoms with van der Waals surface area (Å²) < 4.78 is 13.0. The molecule has 3 aromatic rings. The zero-order valence-electron chi connectivity index (χ0n) is 15.9. The highest BCUT2D eigenvalue weighted by molar-refractivity contribution is 5.83. The molecule has 0 aliphatic rings. The third-order valence-corrected chi connectivity index (χ3v) is 4.94. The van der Waals surface area contributed by atoms with Crippen molar-refractivity contribution in [1.82, 2.24) is 15.6 Å². The smallest absolute Gasteiger partial charge is 0.304 e. The summed E-state index contributed by atoms with van der Waals surface area (Å²) in [5.74, 6) is -1.06. The standard InChI is InChI=1S/C22H26FN3O2/c1-15(16-6-8-18(23)9-7-16)24-10-11-25-19(13-22(27)28)12-17-14-26-21-5-3-2-4-20(17)21/h2-9,14-15,19,24-26H,10-13H2,1H3,(H,27,28)/t15?,19-/m1/s1. The number of benzene rings is 2. The Kier molecular flexibility index (Phi) is 6.79. The van der Waals surface area contributed by atoms with E-state index in [9.17, 15) is 14.3 Å². The van der Waals surface area contributed by atoms with Crippen molar-refractivity contribution in [1.29, 1.82) is 0 Å². The van der Waals surface area contributed by atoms with Crippen LogP contribution in [0.4, 0.5) is 4.39 Å². The molecule has 0 saturated heterocycles. The molecule has 3 rings (SSSR count). The van der Waals surface area contributed by atoms with Crippen LogP contribution in [0.15, 0.2) is 54.7 Å². The van der Waals surface area contributed by atoms with Crippen LogP contribution in [-0.2, 0) is 11.2 Å². The van der Waals surface area contributed by atoms with E-state index in [1.807, 2.05) is 37.4 Å². The lowest BCUT2D eigenvalue weighted by atomic mass is 10.0. The van der Waals surface area contributed by atoms with Crippen LogP contribution in [0, 0.1) is 5.82 Å². The summed E-state index contributed by atoms with van der Waals surface area (Å²) in [4.78, 5) is 14.5. The number of rotatable bonds is 10. The van der Waals surface area contributed by atoms with Crippen LogP contribution in [0.3, 0.4) is 0 Å². The van der Waals surface area contributed by atoms with Crippen molar-refractivity contribution in [2.75, 3.05) is 13.1 Å². The average Bonchev–Trinajstić information content (AvgIpc) is 3.08. The molecule has 4 N–H and O–H groups in total. The predicted molar refractivity (Wildman–Crippen MR) is 109 cm³/mol. The lowest BCUT2D eigenvalue weighted by molar-refractivity contribution is -0.137. The Balaban J connectivity index is 1.52. The number of carboxylic acid groups (broad SMARTS) is 1. The third kappa shape index (κ3) is 5.41. The van der Waals surface area contributed by atoms with E-state index in [0.29, 0.717) is 19.5 Å². The zero-order chi connectivity index (χ0) is 19.9. The Morgan fingerprint density at radius 3 is 2.57 bits per heavy atom. The van der Waals surface area contributed by atoms with Crippen molar-refractivity contribution in [3.63, 3.8) is 0 Å². The third-order valence-electron chi connectivity index (χ3n) is 4.94. The quantitative estimate of drug-likeness (QED) is 0.403. The summed E-state index contributed by atoms with van der Waals surface area (Å²) in [7, 11) is 0. The fourth-order valence-electron chi connectivity index (χ4n) is 3.43. The molecular formula is C22H26FN3O2. The Labute approximate surface area is 164 Å². The van der Waals surface area contributed by atoms with Gasteiger partial charge in [-0.05, 0) is 42.7 Å². The molecule has 2 atom stereocenters. The minimum Gasteiger partial charge on any atom is -0.481 e. The molecule has 2 aromatic carbocycles. The first-order chi connectivity index (χ1) is 13.5. The van der Waals surface area contributed by atoms with Gasteiger partial charge in [-0.3, -0.25) is 4.79 Å². The maximum Gasteiger partial charge on any atom is 0.304 e. The van der Waals surface area contributed by atoms with Crippen molar-refractivity contribution in [3.8, 4) is 0 Å². The van der Waals surface area contributed by atoms with Gasteiger partial charge in [-0.1, -0.05) is 30.3 Å². The molecule has 0 saturated carbocycles. The number of carbonyl (C=O) groups is 1. The summed E-state index contributed by atoms with van der Waals surface area (Å²) >= 11 is 0. The number of halogens is 1. The van der Waals surface area contributed by atoms with Gasteiger partial charge in [-0.15, -0.1) is 0 Å². The van der Waals surface area contributed by atoms with Crippen LogP contribution < -0.4 is 10.6 Å². The van der Waals surface area contributed by atoms with E-state index in [1.54, 1.807) is 12.1 Å². The van der Waals surface area contributed by atoms with E-state index in [4.69, 9.17) is 0 Å². The second-order valence-corrected chi connectivity index (χ2v) is 7.04. The number of hydrogen-bond donors (Lipinski definition) is 4. The highest BCUT2D eigenvalue weighted by Gasteiger charge is 2.15. The van der Waals surface area contributed by atoms with Crippen molar-refractivity contribution in [2.24, 2.45) is 0 Å². The molecule has 0 spiro atoms. The summed E-state index contributed by atoms with van der Waals surface area (Å²) in [5, 5.41) is 17.1. The van der Waals surface area contributed by atoms with Crippen LogP contribution >= 0.6 is 0 Å². The Morgan fingerprint density at radius 2 is 1.82 bits per heavy atom. The highest BCUT2D eigenvalue weighted by atomic mass is 19.1. The van der Waals surface area contributed by atoms with Gasteiger partial charge in [0.2, 0.25) is 0 Å². The van der Waals surface area contributed by atoms with Gasteiger partial charge in [0, 0.05) is 42.3 Å². The maximum absolute atomic E-state index is 13.0. The number of aliphatic carboxylic acids is 1. The molecule has 0 fully saturated rings. The number of para-hydroxylation sites is 1. The summed E-state index contributed by atoms with van der Waals surface area (Å²) in [6.45, 7) is 3.35. The van der Waals surface area contributed by atoms with Gasteiger partial charge in [-0.25, -0.2) is 4.39 Å². The van der Waals surface area contributed by atoms with Gasteiger partial charge in [-0.2, -0.15) is 0 Å². The van der Waals surface area contributed by atoms with E-state index in [2.05, 4.69) is 15.6 Å². The first-order valence-electron chi connectivity index (χ1n) is 9.52. The highest BCUT2D eigenvalue weighted by Crippen LogP contribution is 2.19. The molecule has 0 radical (unpaired) electrons. The second-order valence-electron chi connectivity index (χ2n) is 7.04. The Bertz CT molecular complexity index is 908. The van der Waals surface area contributed by atoms with Crippen LogP contribution in [-0.4, -0.2) is 35.2 Å². The number of fused-ring (bicyclic) bond motifs is 1. The molecular weight excluding hydrogens is 357 g/mol. The number of hydrogen-bond acceptors (Lipinski definition) is 3. The van der Waals surface area contributed by atoms with Crippen LogP contribution in [0.25, 0.3) is 10.9 Å². The molecule has 0 aliphatic heterocycles. The number of carboxylic acids is 1. The summed E-state index contributed by atoms with van der Waals surface area (Å²) in [5.41, 5.74) is 3.19. The Hall–Kier alpha value is -2.70. The van der Waals surface area contributed by atoms with Gasteiger partial charge in [0.05, 0.1) is 6.42 Å². The van der Waals surface area contributed by atoms with E-state index in [0.717, 1.165) is 22.0 Å². The van der Waals surface area contributed by atoms with E-state index in [-0.39, 0.29) is 24.3 Å². The zero-order valence-corrected chi connectivity index (χ0v) is 15.9. The molecule has 1 aromatic heterocycles. The SMILES string of the molecule is CC(NCCN[C@@H](CC(=O)O)Cc1c[nH]c2ccccc12)c1ccc(F)cc1. The average molecular weight is 383 g/mol. The molecule has 1 unspecified atom stereocenters. The first kappa shape index (κ1) is 20.0. The van der Waals surface area contributed by atoms with Gasteiger partial charge < -0.3 is 20.7 Å². The molecule has 0 amide bonds. The minimum atomic E-state index is -0.815. The monoisotopic (exact) mass is 383 g/mol. The fraction of sp³-hybridized carbons (Fsp3) is 0.318. The van der Waals surface area contributed by atoms with Crippen molar-refractivity contribution >= 4 is 16.9 Å². The fourth-order valence-corrected chi connectivity index (χ4v) is 3.43. The molecule has 6 heteroatoms. The summed E-state index contributed by atoms with van der Waals surface area (Å²) in [6, 6.07) is 14.4. The van der Waals surface area contributed by atoms with Crippen molar-refractivity contribution in [2.45, 2.75) is 31.8 Å². The topological polar surface area (TPSA) is 77.2 Å². The summed E-state index contributed by atoms with van der Waals surface area (Å²) in [6.07, 6.45) is 2.66. The van der Waals surface area contributed by atoms with Crippen LogP contribution in [0.2, 0.25) is 0 Å². The number of nitrogens with one attached hydrogen (secondary N) is 3. The normalized spacial score (nSPS) is 13.5. The van der Waals surface area contributed by atoms with Gasteiger partial charge in [0.25, 0.3) is 0 Å². The largest absolute Gasteiger partial charge is 0.481 e.